The fourth-order valence-corrected chi connectivity index (χ4v) is 3.64. The van der Waals surface area contributed by atoms with E-state index in [1.165, 1.54) is 28.8 Å². The molecule has 0 N–H and O–H groups in total. The maximum Gasteiger partial charge on any atom is 0.236 e. The summed E-state index contributed by atoms with van der Waals surface area (Å²) < 4.78 is 51.2. The minimum absolute atomic E-state index is 0.0000485. The van der Waals surface area contributed by atoms with Gasteiger partial charge in [-0.15, -0.1) is 0 Å². The number of benzene rings is 2. The van der Waals surface area contributed by atoms with Gasteiger partial charge in [-0.05, 0) is 35.9 Å². The lowest BCUT2D eigenvalue weighted by molar-refractivity contribution is 0.254. The molecule has 0 unspecified atom stereocenters. The van der Waals surface area contributed by atoms with Crippen LogP contribution in [-0.2, 0) is 16.6 Å². The minimum Gasteiger partial charge on any atom is -0.489 e. The summed E-state index contributed by atoms with van der Waals surface area (Å²) >= 11 is 0. The SMILES string of the molecule is O=S(=O)(/C=C/c1ccccc1)N(CCOc1ccccc1F)Cc1ccco1. The molecule has 0 atom stereocenters. The lowest BCUT2D eigenvalue weighted by Crippen LogP contribution is -2.32. The Hall–Kier alpha value is -2.90. The van der Waals surface area contributed by atoms with Gasteiger partial charge >= 0.3 is 0 Å². The monoisotopic (exact) mass is 401 g/mol. The minimum atomic E-state index is -3.74. The number of rotatable bonds is 9. The zero-order valence-electron chi connectivity index (χ0n) is 15.1. The van der Waals surface area contributed by atoms with Crippen molar-refractivity contribution in [3.63, 3.8) is 0 Å². The summed E-state index contributed by atoms with van der Waals surface area (Å²) in [6.07, 6.45) is 3.01. The van der Waals surface area contributed by atoms with E-state index >= 15 is 0 Å². The van der Waals surface area contributed by atoms with Crippen LogP contribution in [0, 0.1) is 5.82 Å². The lowest BCUT2D eigenvalue weighted by Gasteiger charge is -2.19. The molecule has 1 heterocycles. The maximum atomic E-state index is 13.7. The Morgan fingerprint density at radius 1 is 1.00 bits per heavy atom. The van der Waals surface area contributed by atoms with Crippen LogP contribution < -0.4 is 4.74 Å². The van der Waals surface area contributed by atoms with Crippen molar-refractivity contribution in [3.05, 3.63) is 95.5 Å². The van der Waals surface area contributed by atoms with Crippen molar-refractivity contribution in [1.82, 2.24) is 4.31 Å². The predicted molar refractivity (Wildman–Crippen MR) is 105 cm³/mol. The van der Waals surface area contributed by atoms with E-state index in [4.69, 9.17) is 9.15 Å². The number of nitrogens with zero attached hydrogens (tertiary/aromatic N) is 1. The van der Waals surface area contributed by atoms with E-state index in [0.717, 1.165) is 11.0 Å². The zero-order valence-corrected chi connectivity index (χ0v) is 15.9. The van der Waals surface area contributed by atoms with Crippen LogP contribution in [0.2, 0.25) is 0 Å². The molecule has 3 rings (SSSR count). The first-order valence-electron chi connectivity index (χ1n) is 8.67. The highest BCUT2D eigenvalue weighted by atomic mass is 32.2. The Morgan fingerprint density at radius 3 is 2.46 bits per heavy atom. The van der Waals surface area contributed by atoms with E-state index in [0.29, 0.717) is 5.76 Å². The third-order valence-electron chi connectivity index (χ3n) is 3.94. The molecule has 0 fully saturated rings. The molecule has 0 amide bonds. The van der Waals surface area contributed by atoms with Gasteiger partial charge in [0, 0.05) is 12.0 Å². The second-order valence-corrected chi connectivity index (χ2v) is 7.77. The number of para-hydroxylation sites is 1. The van der Waals surface area contributed by atoms with E-state index in [9.17, 15) is 12.8 Å². The quantitative estimate of drug-likeness (QED) is 0.536. The van der Waals surface area contributed by atoms with Crippen LogP contribution in [-0.4, -0.2) is 25.9 Å². The molecule has 0 spiro atoms. The van der Waals surface area contributed by atoms with Gasteiger partial charge in [0.15, 0.2) is 11.6 Å². The molecular formula is C21H20FNO4S. The average molecular weight is 401 g/mol. The molecule has 5 nitrogen and oxygen atoms in total. The van der Waals surface area contributed by atoms with Crippen LogP contribution in [0.1, 0.15) is 11.3 Å². The van der Waals surface area contributed by atoms with Gasteiger partial charge in [-0.3, -0.25) is 0 Å². The van der Waals surface area contributed by atoms with Crippen LogP contribution in [0.4, 0.5) is 4.39 Å². The van der Waals surface area contributed by atoms with E-state index in [1.54, 1.807) is 24.3 Å². The molecule has 0 aliphatic rings. The predicted octanol–water partition coefficient (Wildman–Crippen LogP) is 4.30. The standard InChI is InChI=1S/C21H20FNO4S/c22-20-10-4-5-11-21(20)27-15-13-23(17-19-9-6-14-26-19)28(24,25)16-12-18-7-2-1-3-8-18/h1-12,14,16H,13,15,17H2/b16-12+. The largest absolute Gasteiger partial charge is 0.489 e. The summed E-state index contributed by atoms with van der Waals surface area (Å²) in [7, 11) is -3.74. The van der Waals surface area contributed by atoms with E-state index in [2.05, 4.69) is 0 Å². The summed E-state index contributed by atoms with van der Waals surface area (Å²) in [6.45, 7) is 0.0889. The first kappa shape index (κ1) is 19.9. The van der Waals surface area contributed by atoms with E-state index < -0.39 is 15.8 Å². The molecule has 3 aromatic rings. The van der Waals surface area contributed by atoms with Crippen molar-refractivity contribution in [2.24, 2.45) is 0 Å². The topological polar surface area (TPSA) is 59.8 Å². The van der Waals surface area contributed by atoms with Crippen LogP contribution in [0.5, 0.6) is 5.75 Å². The first-order valence-corrected chi connectivity index (χ1v) is 10.2. The van der Waals surface area contributed by atoms with Crippen molar-refractivity contribution >= 4 is 16.1 Å². The molecular weight excluding hydrogens is 381 g/mol. The van der Waals surface area contributed by atoms with Gasteiger partial charge in [0.2, 0.25) is 10.0 Å². The summed E-state index contributed by atoms with van der Waals surface area (Å²) in [4.78, 5) is 0. The molecule has 0 bridgehead atoms. The van der Waals surface area contributed by atoms with E-state index in [1.807, 2.05) is 30.3 Å². The van der Waals surface area contributed by atoms with Crippen LogP contribution in [0.3, 0.4) is 0 Å². The third kappa shape index (κ3) is 5.55. The van der Waals surface area contributed by atoms with Crippen molar-refractivity contribution in [2.45, 2.75) is 6.54 Å². The summed E-state index contributed by atoms with van der Waals surface area (Å²) in [5, 5.41) is 1.15. The lowest BCUT2D eigenvalue weighted by atomic mass is 10.2. The van der Waals surface area contributed by atoms with Crippen molar-refractivity contribution < 1.29 is 22.0 Å². The van der Waals surface area contributed by atoms with Crippen LogP contribution in [0.25, 0.3) is 6.08 Å². The van der Waals surface area contributed by atoms with Crippen molar-refractivity contribution in [2.75, 3.05) is 13.2 Å². The summed E-state index contributed by atoms with van der Waals surface area (Å²) in [5.74, 6) is 0.0900. The van der Waals surface area contributed by atoms with Gasteiger partial charge in [-0.2, -0.15) is 4.31 Å². The Labute approximate surface area is 163 Å². The summed E-state index contributed by atoms with van der Waals surface area (Å²) in [6, 6.07) is 18.5. The first-order chi connectivity index (χ1) is 13.5. The molecule has 1 aromatic heterocycles. The second-order valence-electron chi connectivity index (χ2n) is 5.95. The second kappa shape index (κ2) is 9.34. The number of ether oxygens (including phenoxy) is 1. The van der Waals surface area contributed by atoms with Crippen molar-refractivity contribution in [1.29, 1.82) is 0 Å². The highest BCUT2D eigenvalue weighted by Crippen LogP contribution is 2.17. The molecule has 7 heteroatoms. The number of halogens is 1. The highest BCUT2D eigenvalue weighted by molar-refractivity contribution is 7.92. The average Bonchev–Trinajstić information content (AvgIpc) is 3.21. The number of furan rings is 1. The third-order valence-corrected chi connectivity index (χ3v) is 5.45. The Morgan fingerprint density at radius 2 is 1.75 bits per heavy atom. The molecule has 0 aliphatic heterocycles. The molecule has 0 radical (unpaired) electrons. The maximum absolute atomic E-state index is 13.7. The number of hydrogen-bond acceptors (Lipinski definition) is 4. The van der Waals surface area contributed by atoms with Crippen molar-refractivity contribution in [3.8, 4) is 5.75 Å². The van der Waals surface area contributed by atoms with Gasteiger partial charge < -0.3 is 9.15 Å². The zero-order chi connectivity index (χ0) is 19.8. The summed E-state index contributed by atoms with van der Waals surface area (Å²) in [5.41, 5.74) is 0.770. The fourth-order valence-electron chi connectivity index (χ4n) is 2.51. The Balaban J connectivity index is 1.72. The van der Waals surface area contributed by atoms with Gasteiger partial charge in [0.05, 0.1) is 12.8 Å². The van der Waals surface area contributed by atoms with Gasteiger partial charge in [0.25, 0.3) is 0 Å². The molecule has 0 saturated carbocycles. The molecule has 146 valence electrons. The Bertz CT molecular complexity index is 1000. The Kier molecular flexibility index (Phi) is 6.62. The van der Waals surface area contributed by atoms with Gasteiger partial charge in [-0.1, -0.05) is 42.5 Å². The normalized spacial score (nSPS) is 11.9. The fraction of sp³-hybridized carbons (Fsp3) is 0.143. The smallest absolute Gasteiger partial charge is 0.236 e. The molecule has 0 saturated heterocycles. The highest BCUT2D eigenvalue weighted by Gasteiger charge is 2.21. The van der Waals surface area contributed by atoms with Crippen LogP contribution in [0.15, 0.2) is 82.8 Å². The van der Waals surface area contributed by atoms with Gasteiger partial charge in [-0.25, -0.2) is 12.8 Å². The number of hydrogen-bond donors (Lipinski definition) is 0. The number of sulfonamides is 1. The molecule has 2 aromatic carbocycles. The van der Waals surface area contributed by atoms with Gasteiger partial charge in [0.1, 0.15) is 12.4 Å². The molecule has 28 heavy (non-hydrogen) atoms. The molecule has 0 aliphatic carbocycles. The van der Waals surface area contributed by atoms with Crippen LogP contribution >= 0.6 is 0 Å². The van der Waals surface area contributed by atoms with E-state index in [-0.39, 0.29) is 25.4 Å².